The summed E-state index contributed by atoms with van der Waals surface area (Å²) in [5, 5.41) is 3.85. The van der Waals surface area contributed by atoms with Crippen LogP contribution in [0.15, 0.2) is 0 Å². The SMILES string of the molecule is CCCNC(CC(C)CCC)C1C2CCCC21. The highest BCUT2D eigenvalue weighted by Crippen LogP contribution is 2.59. The maximum atomic E-state index is 3.85. The van der Waals surface area contributed by atoms with Crippen LogP contribution in [0.5, 0.6) is 0 Å². The molecule has 4 unspecified atom stereocenters. The summed E-state index contributed by atoms with van der Waals surface area (Å²) in [6, 6.07) is 0.840. The van der Waals surface area contributed by atoms with E-state index in [2.05, 4.69) is 26.1 Å². The summed E-state index contributed by atoms with van der Waals surface area (Å²) < 4.78 is 0. The normalized spacial score (nSPS) is 34.4. The molecule has 2 saturated carbocycles. The lowest BCUT2D eigenvalue weighted by molar-refractivity contribution is 0.327. The Bertz CT molecular complexity index is 216. The molecule has 100 valence electrons. The number of rotatable bonds is 8. The van der Waals surface area contributed by atoms with E-state index in [1.54, 1.807) is 0 Å². The van der Waals surface area contributed by atoms with Crippen molar-refractivity contribution in [1.82, 2.24) is 5.32 Å². The highest BCUT2D eigenvalue weighted by atomic mass is 14.9. The van der Waals surface area contributed by atoms with Crippen molar-refractivity contribution in [3.05, 3.63) is 0 Å². The quantitative estimate of drug-likeness (QED) is 0.666. The summed E-state index contributed by atoms with van der Waals surface area (Å²) in [6.07, 6.45) is 10.0. The fourth-order valence-corrected chi connectivity index (χ4v) is 4.22. The first-order chi connectivity index (χ1) is 8.27. The van der Waals surface area contributed by atoms with Crippen molar-refractivity contribution < 1.29 is 0 Å². The third kappa shape index (κ3) is 3.24. The van der Waals surface area contributed by atoms with Crippen LogP contribution in [0.3, 0.4) is 0 Å². The molecule has 0 aromatic carbocycles. The maximum absolute atomic E-state index is 3.85. The van der Waals surface area contributed by atoms with Crippen molar-refractivity contribution in [3.63, 3.8) is 0 Å². The lowest BCUT2D eigenvalue weighted by atomic mass is 9.92. The summed E-state index contributed by atoms with van der Waals surface area (Å²) in [5.41, 5.74) is 0. The molecular formula is C16H31N. The molecule has 0 aromatic heterocycles. The van der Waals surface area contributed by atoms with Crippen molar-refractivity contribution in [1.29, 1.82) is 0 Å². The first-order valence-corrected chi connectivity index (χ1v) is 8.01. The summed E-state index contributed by atoms with van der Waals surface area (Å²) in [4.78, 5) is 0. The molecule has 0 aromatic rings. The molecule has 0 spiro atoms. The van der Waals surface area contributed by atoms with E-state index >= 15 is 0 Å². The Balaban J connectivity index is 1.81. The fraction of sp³-hybridized carbons (Fsp3) is 1.00. The molecule has 0 heterocycles. The smallest absolute Gasteiger partial charge is 0.0103 e. The molecule has 1 nitrogen and oxygen atoms in total. The Morgan fingerprint density at radius 1 is 1.12 bits per heavy atom. The van der Waals surface area contributed by atoms with E-state index in [0.717, 1.165) is 29.7 Å². The van der Waals surface area contributed by atoms with Gasteiger partial charge in [-0.1, -0.05) is 40.0 Å². The molecule has 2 rings (SSSR count). The Labute approximate surface area is 108 Å². The monoisotopic (exact) mass is 237 g/mol. The molecule has 1 heteroatoms. The fourth-order valence-electron chi connectivity index (χ4n) is 4.22. The van der Waals surface area contributed by atoms with Crippen LogP contribution in [0.4, 0.5) is 0 Å². The number of hydrogen-bond acceptors (Lipinski definition) is 1. The predicted molar refractivity (Wildman–Crippen MR) is 75.1 cm³/mol. The van der Waals surface area contributed by atoms with Gasteiger partial charge in [0.15, 0.2) is 0 Å². The molecular weight excluding hydrogens is 206 g/mol. The predicted octanol–water partition coefficient (Wildman–Crippen LogP) is 4.23. The molecule has 0 saturated heterocycles. The average molecular weight is 237 g/mol. The zero-order valence-electron chi connectivity index (χ0n) is 12.0. The van der Waals surface area contributed by atoms with Gasteiger partial charge in [0, 0.05) is 6.04 Å². The zero-order chi connectivity index (χ0) is 12.3. The zero-order valence-corrected chi connectivity index (χ0v) is 12.0. The molecule has 1 N–H and O–H groups in total. The number of fused-ring (bicyclic) bond motifs is 1. The molecule has 4 atom stereocenters. The second kappa shape index (κ2) is 6.22. The Morgan fingerprint density at radius 2 is 1.82 bits per heavy atom. The van der Waals surface area contributed by atoms with Crippen molar-refractivity contribution in [2.45, 2.75) is 71.8 Å². The molecule has 0 bridgehead atoms. The van der Waals surface area contributed by atoms with Gasteiger partial charge in [0.05, 0.1) is 0 Å². The van der Waals surface area contributed by atoms with Gasteiger partial charge < -0.3 is 5.32 Å². The molecule has 2 aliphatic carbocycles. The van der Waals surface area contributed by atoms with Crippen LogP contribution in [0.1, 0.15) is 65.7 Å². The Hall–Kier alpha value is -0.0400. The van der Waals surface area contributed by atoms with Gasteiger partial charge in [-0.05, 0) is 55.9 Å². The Morgan fingerprint density at radius 3 is 2.41 bits per heavy atom. The topological polar surface area (TPSA) is 12.0 Å². The van der Waals surface area contributed by atoms with Crippen LogP contribution in [-0.4, -0.2) is 12.6 Å². The van der Waals surface area contributed by atoms with Gasteiger partial charge in [0.1, 0.15) is 0 Å². The summed E-state index contributed by atoms with van der Waals surface area (Å²) in [7, 11) is 0. The first-order valence-electron chi connectivity index (χ1n) is 8.01. The van der Waals surface area contributed by atoms with E-state index < -0.39 is 0 Å². The largest absolute Gasteiger partial charge is 0.314 e. The third-order valence-electron chi connectivity index (χ3n) is 5.03. The third-order valence-corrected chi connectivity index (χ3v) is 5.03. The average Bonchev–Trinajstić information content (AvgIpc) is 2.78. The van der Waals surface area contributed by atoms with E-state index in [0.29, 0.717) is 0 Å². The summed E-state index contributed by atoms with van der Waals surface area (Å²) >= 11 is 0. The van der Waals surface area contributed by atoms with Crippen LogP contribution in [-0.2, 0) is 0 Å². The lowest BCUT2D eigenvalue weighted by Crippen LogP contribution is -2.34. The van der Waals surface area contributed by atoms with Crippen LogP contribution >= 0.6 is 0 Å². The molecule has 0 aliphatic heterocycles. The van der Waals surface area contributed by atoms with Crippen molar-refractivity contribution >= 4 is 0 Å². The second-order valence-electron chi connectivity index (χ2n) is 6.53. The van der Waals surface area contributed by atoms with Crippen LogP contribution in [0.2, 0.25) is 0 Å². The molecule has 2 fully saturated rings. The van der Waals surface area contributed by atoms with Crippen molar-refractivity contribution in [2.24, 2.45) is 23.7 Å². The highest BCUT2D eigenvalue weighted by Gasteiger charge is 2.55. The number of hydrogen-bond donors (Lipinski definition) is 1. The van der Waals surface area contributed by atoms with Gasteiger partial charge in [0.25, 0.3) is 0 Å². The second-order valence-corrected chi connectivity index (χ2v) is 6.53. The van der Waals surface area contributed by atoms with Crippen LogP contribution in [0.25, 0.3) is 0 Å². The Kier molecular flexibility index (Phi) is 4.90. The highest BCUT2D eigenvalue weighted by molar-refractivity contribution is 5.06. The van der Waals surface area contributed by atoms with Gasteiger partial charge in [0.2, 0.25) is 0 Å². The van der Waals surface area contributed by atoms with E-state index in [4.69, 9.17) is 0 Å². The maximum Gasteiger partial charge on any atom is 0.0103 e. The van der Waals surface area contributed by atoms with Crippen molar-refractivity contribution in [2.75, 3.05) is 6.54 Å². The van der Waals surface area contributed by atoms with Gasteiger partial charge >= 0.3 is 0 Å². The standard InChI is InChI=1S/C16H31N/c1-4-7-12(3)11-15(17-10-5-2)16-13-8-6-9-14(13)16/h12-17H,4-11H2,1-3H3. The van der Waals surface area contributed by atoms with E-state index in [1.807, 2.05) is 0 Å². The van der Waals surface area contributed by atoms with Gasteiger partial charge in [-0.3, -0.25) is 0 Å². The minimum Gasteiger partial charge on any atom is -0.314 e. The molecule has 0 radical (unpaired) electrons. The van der Waals surface area contributed by atoms with Crippen LogP contribution in [0, 0.1) is 23.7 Å². The van der Waals surface area contributed by atoms with E-state index in [9.17, 15) is 0 Å². The first kappa shape index (κ1) is 13.4. The lowest BCUT2D eigenvalue weighted by Gasteiger charge is -2.24. The minimum atomic E-state index is 0.840. The molecule has 17 heavy (non-hydrogen) atoms. The van der Waals surface area contributed by atoms with Gasteiger partial charge in [-0.15, -0.1) is 0 Å². The van der Waals surface area contributed by atoms with E-state index in [-0.39, 0.29) is 0 Å². The van der Waals surface area contributed by atoms with Crippen molar-refractivity contribution in [3.8, 4) is 0 Å². The van der Waals surface area contributed by atoms with E-state index in [1.165, 1.54) is 51.5 Å². The van der Waals surface area contributed by atoms with Crippen LogP contribution < -0.4 is 5.32 Å². The summed E-state index contributed by atoms with van der Waals surface area (Å²) in [5.74, 6) is 4.18. The molecule has 0 amide bonds. The van der Waals surface area contributed by atoms with Gasteiger partial charge in [-0.2, -0.15) is 0 Å². The summed E-state index contributed by atoms with van der Waals surface area (Å²) in [6.45, 7) is 8.27. The van der Waals surface area contributed by atoms with Gasteiger partial charge in [-0.25, -0.2) is 0 Å². The minimum absolute atomic E-state index is 0.840. The number of nitrogens with one attached hydrogen (secondary N) is 1. The molecule has 2 aliphatic rings.